The van der Waals surface area contributed by atoms with Gasteiger partial charge in [0.05, 0.1) is 11.9 Å². The summed E-state index contributed by atoms with van der Waals surface area (Å²) in [6, 6.07) is 7.49. The Kier molecular flexibility index (Phi) is 3.65. The van der Waals surface area contributed by atoms with Crippen LogP contribution >= 0.6 is 38.5 Å². The van der Waals surface area contributed by atoms with Crippen molar-refractivity contribution in [2.45, 2.75) is 0 Å². The molecule has 0 atom stereocenters. The van der Waals surface area contributed by atoms with E-state index in [0.717, 1.165) is 8.04 Å². The first-order chi connectivity index (χ1) is 7.65. The SMILES string of the molecule is Nc1cc(I)ccc1Oc1cncc(Br)c1. The molecule has 0 aliphatic rings. The van der Waals surface area contributed by atoms with Gasteiger partial charge in [-0.25, -0.2) is 0 Å². The fourth-order valence-corrected chi connectivity index (χ4v) is 2.05. The Labute approximate surface area is 115 Å². The summed E-state index contributed by atoms with van der Waals surface area (Å²) in [5, 5.41) is 0. The van der Waals surface area contributed by atoms with Crippen molar-refractivity contribution in [2.75, 3.05) is 5.73 Å². The topological polar surface area (TPSA) is 48.1 Å². The van der Waals surface area contributed by atoms with Crippen LogP contribution in [0.4, 0.5) is 5.69 Å². The van der Waals surface area contributed by atoms with Crippen molar-refractivity contribution in [3.8, 4) is 11.5 Å². The molecule has 0 saturated heterocycles. The van der Waals surface area contributed by atoms with Crippen LogP contribution in [0, 0.1) is 3.57 Å². The zero-order valence-electron chi connectivity index (χ0n) is 8.15. The molecule has 0 aliphatic heterocycles. The maximum Gasteiger partial charge on any atom is 0.150 e. The van der Waals surface area contributed by atoms with Crippen LogP contribution in [0.25, 0.3) is 0 Å². The van der Waals surface area contributed by atoms with E-state index >= 15 is 0 Å². The van der Waals surface area contributed by atoms with Crippen LogP contribution in [0.1, 0.15) is 0 Å². The van der Waals surface area contributed by atoms with E-state index in [2.05, 4.69) is 43.5 Å². The molecule has 0 spiro atoms. The van der Waals surface area contributed by atoms with E-state index in [0.29, 0.717) is 17.2 Å². The van der Waals surface area contributed by atoms with E-state index in [1.807, 2.05) is 24.3 Å². The van der Waals surface area contributed by atoms with E-state index in [1.54, 1.807) is 12.4 Å². The summed E-state index contributed by atoms with van der Waals surface area (Å²) < 4.78 is 7.57. The maximum atomic E-state index is 5.85. The number of pyridine rings is 1. The van der Waals surface area contributed by atoms with Gasteiger partial charge in [-0.05, 0) is 62.8 Å². The van der Waals surface area contributed by atoms with Crippen molar-refractivity contribution in [3.63, 3.8) is 0 Å². The first-order valence-corrected chi connectivity index (χ1v) is 6.36. The zero-order valence-corrected chi connectivity index (χ0v) is 11.9. The molecule has 1 aromatic heterocycles. The van der Waals surface area contributed by atoms with Crippen molar-refractivity contribution < 1.29 is 4.74 Å². The average Bonchev–Trinajstić information content (AvgIpc) is 2.22. The number of nitrogens with two attached hydrogens (primary N) is 1. The summed E-state index contributed by atoms with van der Waals surface area (Å²) in [6.07, 6.45) is 3.34. The first kappa shape index (κ1) is 11.7. The van der Waals surface area contributed by atoms with Gasteiger partial charge >= 0.3 is 0 Å². The molecule has 0 fully saturated rings. The van der Waals surface area contributed by atoms with Gasteiger partial charge in [0, 0.05) is 14.2 Å². The molecule has 16 heavy (non-hydrogen) atoms. The van der Waals surface area contributed by atoms with Crippen molar-refractivity contribution in [3.05, 3.63) is 44.7 Å². The molecule has 2 N–H and O–H groups in total. The molecule has 0 aliphatic carbocycles. The highest BCUT2D eigenvalue weighted by Gasteiger charge is 2.03. The van der Waals surface area contributed by atoms with Crippen LogP contribution in [-0.4, -0.2) is 4.98 Å². The molecule has 5 heteroatoms. The van der Waals surface area contributed by atoms with Gasteiger partial charge in [-0.3, -0.25) is 4.98 Å². The lowest BCUT2D eigenvalue weighted by atomic mass is 10.3. The molecule has 2 rings (SSSR count). The van der Waals surface area contributed by atoms with Crippen molar-refractivity contribution in [2.24, 2.45) is 0 Å². The number of anilines is 1. The Hall–Kier alpha value is -0.820. The summed E-state index contributed by atoms with van der Waals surface area (Å²) in [5.74, 6) is 1.29. The molecule has 82 valence electrons. The minimum absolute atomic E-state index is 0.617. The van der Waals surface area contributed by atoms with Gasteiger partial charge in [-0.15, -0.1) is 0 Å². The Bertz CT molecular complexity index is 519. The number of ether oxygens (including phenoxy) is 1. The lowest BCUT2D eigenvalue weighted by molar-refractivity contribution is 0.482. The largest absolute Gasteiger partial charge is 0.454 e. The monoisotopic (exact) mass is 390 g/mol. The number of benzene rings is 1. The fourth-order valence-electron chi connectivity index (χ4n) is 1.19. The van der Waals surface area contributed by atoms with Gasteiger partial charge in [-0.2, -0.15) is 0 Å². The minimum Gasteiger partial charge on any atom is -0.454 e. The predicted molar refractivity (Wildman–Crippen MR) is 75.6 cm³/mol. The average molecular weight is 391 g/mol. The molecule has 1 heterocycles. The molecule has 0 saturated carbocycles. The predicted octanol–water partition coefficient (Wildman–Crippen LogP) is 3.82. The second-order valence-electron chi connectivity index (χ2n) is 3.12. The third-order valence-electron chi connectivity index (χ3n) is 1.88. The van der Waals surface area contributed by atoms with Gasteiger partial charge in [0.25, 0.3) is 0 Å². The highest BCUT2D eigenvalue weighted by atomic mass is 127. The number of nitrogen functional groups attached to an aromatic ring is 1. The number of nitrogens with zero attached hydrogens (tertiary/aromatic N) is 1. The van der Waals surface area contributed by atoms with Crippen LogP contribution in [0.3, 0.4) is 0 Å². The summed E-state index contributed by atoms with van der Waals surface area (Å²) in [6.45, 7) is 0. The third kappa shape index (κ3) is 2.85. The molecule has 0 unspecified atom stereocenters. The smallest absolute Gasteiger partial charge is 0.150 e. The molecular formula is C11H8BrIN2O. The Morgan fingerprint density at radius 1 is 1.25 bits per heavy atom. The molecule has 3 nitrogen and oxygen atoms in total. The van der Waals surface area contributed by atoms with E-state index in [1.165, 1.54) is 0 Å². The maximum absolute atomic E-state index is 5.85. The minimum atomic E-state index is 0.617. The van der Waals surface area contributed by atoms with Crippen molar-refractivity contribution in [1.82, 2.24) is 4.98 Å². The number of rotatable bonds is 2. The summed E-state index contributed by atoms with van der Waals surface area (Å²) in [4.78, 5) is 4.01. The van der Waals surface area contributed by atoms with E-state index in [-0.39, 0.29) is 0 Å². The summed E-state index contributed by atoms with van der Waals surface area (Å²) >= 11 is 5.53. The Morgan fingerprint density at radius 2 is 2.06 bits per heavy atom. The van der Waals surface area contributed by atoms with Crippen LogP contribution in [0.15, 0.2) is 41.1 Å². The van der Waals surface area contributed by atoms with Crippen LogP contribution in [-0.2, 0) is 0 Å². The lowest BCUT2D eigenvalue weighted by Crippen LogP contribution is -1.93. The fraction of sp³-hybridized carbons (Fsp3) is 0. The van der Waals surface area contributed by atoms with Crippen LogP contribution < -0.4 is 10.5 Å². The zero-order chi connectivity index (χ0) is 11.5. The standard InChI is InChI=1S/C11H8BrIN2O/c12-7-3-9(6-15-5-7)16-11-2-1-8(13)4-10(11)14/h1-6H,14H2. The second kappa shape index (κ2) is 5.01. The van der Waals surface area contributed by atoms with E-state index < -0.39 is 0 Å². The highest BCUT2D eigenvalue weighted by Crippen LogP contribution is 2.29. The number of aromatic nitrogens is 1. The normalized spacial score (nSPS) is 10.1. The van der Waals surface area contributed by atoms with Gasteiger partial charge in [0.15, 0.2) is 0 Å². The molecule has 0 radical (unpaired) electrons. The third-order valence-corrected chi connectivity index (χ3v) is 2.98. The summed E-state index contributed by atoms with van der Waals surface area (Å²) in [7, 11) is 0. The van der Waals surface area contributed by atoms with Crippen LogP contribution in [0.5, 0.6) is 11.5 Å². The first-order valence-electron chi connectivity index (χ1n) is 4.48. The van der Waals surface area contributed by atoms with Crippen molar-refractivity contribution in [1.29, 1.82) is 0 Å². The quantitative estimate of drug-likeness (QED) is 0.626. The molecule has 0 amide bonds. The molecular weight excluding hydrogens is 383 g/mol. The number of hydrogen-bond donors (Lipinski definition) is 1. The number of halogens is 2. The van der Waals surface area contributed by atoms with Crippen LogP contribution in [0.2, 0.25) is 0 Å². The van der Waals surface area contributed by atoms with Crippen molar-refractivity contribution >= 4 is 44.2 Å². The number of hydrogen-bond acceptors (Lipinski definition) is 3. The Balaban J connectivity index is 2.27. The molecule has 0 bridgehead atoms. The lowest BCUT2D eigenvalue weighted by Gasteiger charge is -2.08. The highest BCUT2D eigenvalue weighted by molar-refractivity contribution is 14.1. The molecule has 2 aromatic rings. The van der Waals surface area contributed by atoms with Gasteiger partial charge < -0.3 is 10.5 Å². The van der Waals surface area contributed by atoms with E-state index in [9.17, 15) is 0 Å². The van der Waals surface area contributed by atoms with Gasteiger partial charge in [0.2, 0.25) is 0 Å². The van der Waals surface area contributed by atoms with Gasteiger partial charge in [0.1, 0.15) is 11.5 Å². The Morgan fingerprint density at radius 3 is 2.75 bits per heavy atom. The molecule has 1 aromatic carbocycles. The van der Waals surface area contributed by atoms with Gasteiger partial charge in [-0.1, -0.05) is 0 Å². The van der Waals surface area contributed by atoms with E-state index in [4.69, 9.17) is 10.5 Å². The second-order valence-corrected chi connectivity index (χ2v) is 5.28. The summed E-state index contributed by atoms with van der Waals surface area (Å²) in [5.41, 5.74) is 6.46.